The number of aliphatic carboxylic acids is 1. The summed E-state index contributed by atoms with van der Waals surface area (Å²) in [5.41, 5.74) is 10.0. The van der Waals surface area contributed by atoms with E-state index in [0.29, 0.717) is 5.56 Å². The predicted octanol–water partition coefficient (Wildman–Crippen LogP) is 2.24. The number of benzene rings is 1. The minimum atomic E-state index is -0.977. The monoisotopic (exact) mass is 262 g/mol. The van der Waals surface area contributed by atoms with Crippen LogP contribution < -0.4 is 10.6 Å². The van der Waals surface area contributed by atoms with Gasteiger partial charge in [0.1, 0.15) is 6.04 Å². The molecule has 0 radical (unpaired) electrons. The number of carbonyl (C=O) groups is 1. The Morgan fingerprint density at radius 2 is 2.05 bits per heavy atom. The van der Waals surface area contributed by atoms with Crippen LogP contribution in [0.25, 0.3) is 0 Å². The summed E-state index contributed by atoms with van der Waals surface area (Å²) >= 11 is 0. The van der Waals surface area contributed by atoms with Crippen LogP contribution in [0.3, 0.4) is 0 Å². The van der Waals surface area contributed by atoms with Gasteiger partial charge in [-0.25, -0.2) is 0 Å². The highest BCUT2D eigenvalue weighted by Crippen LogP contribution is 2.31. The number of carboxylic acid groups (broad SMARTS) is 1. The number of anilines is 1. The molecule has 1 saturated heterocycles. The van der Waals surface area contributed by atoms with Crippen molar-refractivity contribution in [1.82, 2.24) is 0 Å². The molecular weight excluding hydrogens is 240 g/mol. The van der Waals surface area contributed by atoms with E-state index in [1.165, 1.54) is 24.1 Å². The van der Waals surface area contributed by atoms with Crippen molar-refractivity contribution in [2.75, 3.05) is 18.0 Å². The van der Waals surface area contributed by atoms with Gasteiger partial charge in [-0.05, 0) is 42.9 Å². The SMILES string of the molecule is CCc1cc([C@H](N)C(=O)O)cc(C)c1N1CCCC1. The fraction of sp³-hybridized carbons (Fsp3) is 0.533. The van der Waals surface area contributed by atoms with Gasteiger partial charge in [0.05, 0.1) is 0 Å². The Labute approximate surface area is 114 Å². The molecule has 1 atom stereocenters. The zero-order chi connectivity index (χ0) is 14.0. The van der Waals surface area contributed by atoms with Crippen LogP contribution in [-0.4, -0.2) is 24.2 Å². The maximum atomic E-state index is 11.0. The van der Waals surface area contributed by atoms with E-state index in [1.54, 1.807) is 0 Å². The van der Waals surface area contributed by atoms with Gasteiger partial charge in [0.25, 0.3) is 0 Å². The summed E-state index contributed by atoms with van der Waals surface area (Å²) in [5, 5.41) is 9.04. The summed E-state index contributed by atoms with van der Waals surface area (Å²) in [6.07, 6.45) is 3.37. The molecule has 0 aliphatic carbocycles. The molecule has 19 heavy (non-hydrogen) atoms. The lowest BCUT2D eigenvalue weighted by Crippen LogP contribution is -2.23. The summed E-state index contributed by atoms with van der Waals surface area (Å²) in [4.78, 5) is 13.4. The van der Waals surface area contributed by atoms with Crippen molar-refractivity contribution in [3.05, 3.63) is 28.8 Å². The van der Waals surface area contributed by atoms with Gasteiger partial charge in [0.2, 0.25) is 0 Å². The maximum Gasteiger partial charge on any atom is 0.325 e. The van der Waals surface area contributed by atoms with E-state index in [-0.39, 0.29) is 0 Å². The fourth-order valence-corrected chi connectivity index (χ4v) is 2.87. The lowest BCUT2D eigenvalue weighted by Gasteiger charge is -2.25. The molecule has 1 heterocycles. The molecule has 3 N–H and O–H groups in total. The highest BCUT2D eigenvalue weighted by Gasteiger charge is 2.21. The normalized spacial score (nSPS) is 16.7. The second kappa shape index (κ2) is 5.61. The molecule has 104 valence electrons. The van der Waals surface area contributed by atoms with Crippen molar-refractivity contribution < 1.29 is 9.90 Å². The van der Waals surface area contributed by atoms with E-state index in [9.17, 15) is 4.79 Å². The molecule has 4 nitrogen and oxygen atoms in total. The average molecular weight is 262 g/mol. The Kier molecular flexibility index (Phi) is 4.10. The minimum absolute atomic E-state index is 0.699. The summed E-state index contributed by atoms with van der Waals surface area (Å²) in [7, 11) is 0. The summed E-state index contributed by atoms with van der Waals surface area (Å²) in [6.45, 7) is 6.34. The van der Waals surface area contributed by atoms with Gasteiger partial charge in [-0.1, -0.05) is 19.1 Å². The number of nitrogens with two attached hydrogens (primary N) is 1. The average Bonchev–Trinajstić information content (AvgIpc) is 2.90. The van der Waals surface area contributed by atoms with Crippen LogP contribution in [0.4, 0.5) is 5.69 Å². The Bertz CT molecular complexity index is 479. The molecule has 1 aromatic rings. The first-order valence-electron chi connectivity index (χ1n) is 6.91. The van der Waals surface area contributed by atoms with Gasteiger partial charge in [-0.15, -0.1) is 0 Å². The number of aryl methyl sites for hydroxylation is 2. The van der Waals surface area contributed by atoms with Crippen LogP contribution in [0.2, 0.25) is 0 Å². The van der Waals surface area contributed by atoms with Crippen molar-refractivity contribution in [3.8, 4) is 0 Å². The highest BCUT2D eigenvalue weighted by atomic mass is 16.4. The van der Waals surface area contributed by atoms with Crippen LogP contribution in [-0.2, 0) is 11.2 Å². The fourth-order valence-electron chi connectivity index (χ4n) is 2.87. The zero-order valence-electron chi connectivity index (χ0n) is 11.6. The van der Waals surface area contributed by atoms with E-state index < -0.39 is 12.0 Å². The van der Waals surface area contributed by atoms with Crippen LogP contribution in [0, 0.1) is 6.92 Å². The molecule has 1 fully saturated rings. The smallest absolute Gasteiger partial charge is 0.325 e. The Hall–Kier alpha value is -1.55. The summed E-state index contributed by atoms with van der Waals surface area (Å²) < 4.78 is 0. The number of hydrogen-bond acceptors (Lipinski definition) is 3. The molecular formula is C15H22N2O2. The van der Waals surface area contributed by atoms with Crippen LogP contribution in [0.15, 0.2) is 12.1 Å². The number of rotatable bonds is 4. The standard InChI is InChI=1S/C15H22N2O2/c1-3-11-9-12(13(16)15(18)19)8-10(2)14(11)17-6-4-5-7-17/h8-9,13H,3-7,16H2,1-2H3,(H,18,19)/t13-/m0/s1. The quantitative estimate of drug-likeness (QED) is 0.873. The van der Waals surface area contributed by atoms with Crippen molar-refractivity contribution in [3.63, 3.8) is 0 Å². The third-order valence-electron chi connectivity index (χ3n) is 3.83. The Balaban J connectivity index is 2.43. The topological polar surface area (TPSA) is 66.6 Å². The van der Waals surface area contributed by atoms with Gasteiger partial charge >= 0.3 is 5.97 Å². The number of nitrogens with zero attached hydrogens (tertiary/aromatic N) is 1. The number of hydrogen-bond donors (Lipinski definition) is 2. The second-order valence-electron chi connectivity index (χ2n) is 5.21. The van der Waals surface area contributed by atoms with Gasteiger partial charge in [0, 0.05) is 18.8 Å². The molecule has 0 spiro atoms. The van der Waals surface area contributed by atoms with Crippen molar-refractivity contribution in [2.45, 2.75) is 39.2 Å². The number of carboxylic acids is 1. The molecule has 1 aliphatic heterocycles. The first kappa shape index (κ1) is 13.9. The summed E-state index contributed by atoms with van der Waals surface area (Å²) in [5.74, 6) is -0.977. The van der Waals surface area contributed by atoms with E-state index in [0.717, 1.165) is 25.1 Å². The molecule has 0 bridgehead atoms. The summed E-state index contributed by atoms with van der Waals surface area (Å²) in [6, 6.07) is 2.95. The molecule has 1 aliphatic rings. The molecule has 0 saturated carbocycles. The zero-order valence-corrected chi connectivity index (χ0v) is 11.6. The van der Waals surface area contributed by atoms with Crippen LogP contribution in [0.5, 0.6) is 0 Å². The van der Waals surface area contributed by atoms with Gasteiger partial charge in [0.15, 0.2) is 0 Å². The lowest BCUT2D eigenvalue weighted by atomic mass is 9.97. The lowest BCUT2D eigenvalue weighted by molar-refractivity contribution is -0.138. The minimum Gasteiger partial charge on any atom is -0.480 e. The molecule has 0 aromatic heterocycles. The third kappa shape index (κ3) is 2.73. The highest BCUT2D eigenvalue weighted by molar-refractivity contribution is 5.76. The van der Waals surface area contributed by atoms with Crippen LogP contribution in [0.1, 0.15) is 42.5 Å². The van der Waals surface area contributed by atoms with Crippen LogP contribution >= 0.6 is 0 Å². The largest absolute Gasteiger partial charge is 0.480 e. The molecule has 0 unspecified atom stereocenters. The molecule has 0 amide bonds. The first-order chi connectivity index (χ1) is 9.04. The molecule has 4 heteroatoms. The molecule has 1 aromatic carbocycles. The predicted molar refractivity (Wildman–Crippen MR) is 76.6 cm³/mol. The van der Waals surface area contributed by atoms with Crippen molar-refractivity contribution in [2.24, 2.45) is 5.73 Å². The van der Waals surface area contributed by atoms with E-state index in [1.807, 2.05) is 19.1 Å². The third-order valence-corrected chi connectivity index (χ3v) is 3.83. The van der Waals surface area contributed by atoms with Gasteiger partial charge in [-0.3, -0.25) is 4.79 Å². The van der Waals surface area contributed by atoms with Gasteiger partial charge in [-0.2, -0.15) is 0 Å². The first-order valence-corrected chi connectivity index (χ1v) is 6.91. The van der Waals surface area contributed by atoms with Gasteiger partial charge < -0.3 is 15.7 Å². The Morgan fingerprint density at radius 3 is 2.58 bits per heavy atom. The van der Waals surface area contributed by atoms with E-state index >= 15 is 0 Å². The maximum absolute atomic E-state index is 11.0. The van der Waals surface area contributed by atoms with E-state index in [4.69, 9.17) is 10.8 Å². The van der Waals surface area contributed by atoms with E-state index in [2.05, 4.69) is 11.8 Å². The van der Waals surface area contributed by atoms with Crippen molar-refractivity contribution >= 4 is 11.7 Å². The van der Waals surface area contributed by atoms with Crippen molar-refractivity contribution in [1.29, 1.82) is 0 Å². The second-order valence-corrected chi connectivity index (χ2v) is 5.21. The Morgan fingerprint density at radius 1 is 1.42 bits per heavy atom. The molecule has 2 rings (SSSR count).